The highest BCUT2D eigenvalue weighted by atomic mass is 19.1. The van der Waals surface area contributed by atoms with Gasteiger partial charge in [0.15, 0.2) is 0 Å². The maximum atomic E-state index is 13.8. The number of terminal acetylenes is 1. The molecule has 1 rings (SSSR count). The van der Waals surface area contributed by atoms with Crippen molar-refractivity contribution in [2.45, 2.75) is 39.9 Å². The molecule has 1 N–H and O–H groups in total. The molecule has 3 heteroatoms. The van der Waals surface area contributed by atoms with E-state index in [1.165, 1.54) is 6.07 Å². The van der Waals surface area contributed by atoms with E-state index in [0.717, 1.165) is 18.7 Å². The molecule has 0 fully saturated rings. The van der Waals surface area contributed by atoms with Gasteiger partial charge in [-0.15, -0.1) is 6.42 Å². The topological polar surface area (TPSA) is 15.3 Å². The third-order valence-electron chi connectivity index (χ3n) is 2.98. The summed E-state index contributed by atoms with van der Waals surface area (Å²) in [6, 6.07) is 5.70. The first-order valence-corrected chi connectivity index (χ1v) is 6.73. The summed E-state index contributed by atoms with van der Waals surface area (Å²) < 4.78 is 13.8. The van der Waals surface area contributed by atoms with Crippen molar-refractivity contribution < 1.29 is 4.39 Å². The second-order valence-electron chi connectivity index (χ2n) is 4.97. The number of rotatable bonds is 7. The Kier molecular flexibility index (Phi) is 6.55. The van der Waals surface area contributed by atoms with Crippen molar-refractivity contribution in [1.29, 1.82) is 0 Å². The summed E-state index contributed by atoms with van der Waals surface area (Å²) in [4.78, 5) is 2.04. The molecule has 0 bridgehead atoms. The SMILES string of the molecule is C#CCN(CC)Cc1cc(CNC(C)C)ccc1F. The van der Waals surface area contributed by atoms with E-state index in [9.17, 15) is 4.39 Å². The number of benzene rings is 1. The zero-order chi connectivity index (χ0) is 14.3. The maximum absolute atomic E-state index is 13.8. The second-order valence-corrected chi connectivity index (χ2v) is 4.97. The van der Waals surface area contributed by atoms with Crippen LogP contribution in [0.25, 0.3) is 0 Å². The summed E-state index contributed by atoms with van der Waals surface area (Å²) in [5.41, 5.74) is 1.81. The Morgan fingerprint density at radius 1 is 1.42 bits per heavy atom. The van der Waals surface area contributed by atoms with Crippen molar-refractivity contribution >= 4 is 0 Å². The highest BCUT2D eigenvalue weighted by Gasteiger charge is 2.08. The van der Waals surface area contributed by atoms with Crippen LogP contribution < -0.4 is 5.32 Å². The van der Waals surface area contributed by atoms with E-state index in [1.807, 2.05) is 24.0 Å². The van der Waals surface area contributed by atoms with Crippen molar-refractivity contribution in [1.82, 2.24) is 10.2 Å². The summed E-state index contributed by atoms with van der Waals surface area (Å²) in [5, 5.41) is 3.33. The molecule has 0 unspecified atom stereocenters. The third-order valence-corrected chi connectivity index (χ3v) is 2.98. The van der Waals surface area contributed by atoms with Crippen LogP contribution in [0.5, 0.6) is 0 Å². The molecule has 0 spiro atoms. The van der Waals surface area contributed by atoms with E-state index in [-0.39, 0.29) is 5.82 Å². The van der Waals surface area contributed by atoms with Crippen molar-refractivity contribution in [3.63, 3.8) is 0 Å². The fraction of sp³-hybridized carbons (Fsp3) is 0.500. The van der Waals surface area contributed by atoms with E-state index in [2.05, 4.69) is 25.1 Å². The second kappa shape index (κ2) is 7.93. The van der Waals surface area contributed by atoms with Crippen LogP contribution in [-0.4, -0.2) is 24.0 Å². The molecule has 1 aromatic rings. The van der Waals surface area contributed by atoms with Gasteiger partial charge in [-0.2, -0.15) is 0 Å². The first kappa shape index (κ1) is 15.7. The minimum atomic E-state index is -0.163. The summed E-state index contributed by atoms with van der Waals surface area (Å²) in [6.45, 7) is 8.89. The lowest BCUT2D eigenvalue weighted by atomic mass is 10.1. The molecule has 0 amide bonds. The Morgan fingerprint density at radius 3 is 2.74 bits per heavy atom. The van der Waals surface area contributed by atoms with E-state index in [4.69, 9.17) is 6.42 Å². The normalized spacial score (nSPS) is 11.0. The summed E-state index contributed by atoms with van der Waals surface area (Å²) in [7, 11) is 0. The average Bonchev–Trinajstić information content (AvgIpc) is 2.38. The van der Waals surface area contributed by atoms with Crippen LogP contribution in [0, 0.1) is 18.2 Å². The molecular weight excluding hydrogens is 239 g/mol. The van der Waals surface area contributed by atoms with Crippen LogP contribution in [0.1, 0.15) is 31.9 Å². The van der Waals surface area contributed by atoms with Gasteiger partial charge in [-0.05, 0) is 18.2 Å². The average molecular weight is 262 g/mol. The van der Waals surface area contributed by atoms with Crippen molar-refractivity contribution in [2.75, 3.05) is 13.1 Å². The maximum Gasteiger partial charge on any atom is 0.127 e. The van der Waals surface area contributed by atoms with Crippen LogP contribution >= 0.6 is 0 Å². The Labute approximate surface area is 116 Å². The summed E-state index contributed by atoms with van der Waals surface area (Å²) in [5.74, 6) is 2.44. The van der Waals surface area contributed by atoms with Gasteiger partial charge in [-0.3, -0.25) is 4.90 Å². The molecular formula is C16H23FN2. The van der Waals surface area contributed by atoms with Crippen molar-refractivity contribution in [3.8, 4) is 12.3 Å². The number of nitrogens with one attached hydrogen (secondary N) is 1. The predicted octanol–water partition coefficient (Wildman–Crippen LogP) is 2.78. The lowest BCUT2D eigenvalue weighted by Gasteiger charge is -2.18. The lowest BCUT2D eigenvalue weighted by molar-refractivity contribution is 0.310. The Hall–Kier alpha value is -1.37. The minimum Gasteiger partial charge on any atom is -0.310 e. The third kappa shape index (κ3) is 5.42. The fourth-order valence-corrected chi connectivity index (χ4v) is 1.83. The van der Waals surface area contributed by atoms with Crippen LogP contribution in [0.4, 0.5) is 4.39 Å². The number of nitrogens with zero attached hydrogens (tertiary/aromatic N) is 1. The number of hydrogen-bond donors (Lipinski definition) is 1. The molecule has 2 nitrogen and oxygen atoms in total. The molecule has 1 aromatic carbocycles. The molecule has 19 heavy (non-hydrogen) atoms. The molecule has 0 saturated heterocycles. The smallest absolute Gasteiger partial charge is 0.127 e. The number of halogens is 1. The van der Waals surface area contributed by atoms with Gasteiger partial charge in [0.05, 0.1) is 6.54 Å². The van der Waals surface area contributed by atoms with Gasteiger partial charge in [0, 0.05) is 24.7 Å². The quantitative estimate of drug-likeness (QED) is 0.760. The largest absolute Gasteiger partial charge is 0.310 e. The van der Waals surface area contributed by atoms with Gasteiger partial charge in [-0.1, -0.05) is 38.8 Å². The van der Waals surface area contributed by atoms with Crippen LogP contribution in [0.3, 0.4) is 0 Å². The molecule has 0 aliphatic carbocycles. The lowest BCUT2D eigenvalue weighted by Crippen LogP contribution is -2.24. The molecule has 0 radical (unpaired) electrons. The van der Waals surface area contributed by atoms with Crippen molar-refractivity contribution in [3.05, 3.63) is 35.1 Å². The standard InChI is InChI=1S/C16H23FN2/c1-5-9-19(6-2)12-15-10-14(7-8-16(15)17)11-18-13(3)4/h1,7-8,10,13,18H,6,9,11-12H2,2-4H3. The monoisotopic (exact) mass is 262 g/mol. The fourth-order valence-electron chi connectivity index (χ4n) is 1.83. The predicted molar refractivity (Wildman–Crippen MR) is 78.2 cm³/mol. The van der Waals surface area contributed by atoms with Crippen LogP contribution in [0.15, 0.2) is 18.2 Å². The first-order chi connectivity index (χ1) is 9.06. The highest BCUT2D eigenvalue weighted by molar-refractivity contribution is 5.25. The molecule has 104 valence electrons. The van der Waals surface area contributed by atoms with Gasteiger partial charge in [0.25, 0.3) is 0 Å². The molecule has 0 aliphatic rings. The zero-order valence-corrected chi connectivity index (χ0v) is 12.0. The van der Waals surface area contributed by atoms with Gasteiger partial charge in [0.2, 0.25) is 0 Å². The van der Waals surface area contributed by atoms with E-state index >= 15 is 0 Å². The van der Waals surface area contributed by atoms with Gasteiger partial charge in [-0.25, -0.2) is 4.39 Å². The van der Waals surface area contributed by atoms with E-state index in [1.54, 1.807) is 0 Å². The first-order valence-electron chi connectivity index (χ1n) is 6.73. The molecule has 0 aliphatic heterocycles. The van der Waals surface area contributed by atoms with E-state index < -0.39 is 0 Å². The minimum absolute atomic E-state index is 0.163. The summed E-state index contributed by atoms with van der Waals surface area (Å²) >= 11 is 0. The molecule has 0 saturated carbocycles. The van der Waals surface area contributed by atoms with E-state index in [0.29, 0.717) is 24.7 Å². The van der Waals surface area contributed by atoms with Crippen LogP contribution in [-0.2, 0) is 13.1 Å². The van der Waals surface area contributed by atoms with Gasteiger partial charge < -0.3 is 5.32 Å². The van der Waals surface area contributed by atoms with Gasteiger partial charge in [0.1, 0.15) is 5.82 Å². The molecule has 0 atom stereocenters. The highest BCUT2D eigenvalue weighted by Crippen LogP contribution is 2.13. The van der Waals surface area contributed by atoms with Gasteiger partial charge >= 0.3 is 0 Å². The summed E-state index contributed by atoms with van der Waals surface area (Å²) in [6.07, 6.45) is 5.31. The number of hydrogen-bond acceptors (Lipinski definition) is 2. The Bertz CT molecular complexity index is 435. The van der Waals surface area contributed by atoms with Crippen molar-refractivity contribution in [2.24, 2.45) is 0 Å². The van der Waals surface area contributed by atoms with Crippen LogP contribution in [0.2, 0.25) is 0 Å². The molecule has 0 heterocycles. The molecule has 0 aromatic heterocycles. The Balaban J connectivity index is 2.76. The Morgan fingerprint density at radius 2 is 2.16 bits per heavy atom. The zero-order valence-electron chi connectivity index (χ0n) is 12.0.